The lowest BCUT2D eigenvalue weighted by atomic mass is 10.1. The van der Waals surface area contributed by atoms with E-state index in [4.69, 9.17) is 5.26 Å². The van der Waals surface area contributed by atoms with Gasteiger partial charge in [-0.1, -0.05) is 18.2 Å². The summed E-state index contributed by atoms with van der Waals surface area (Å²) in [4.78, 5) is 1.17. The molecular formula is C15H11N3S. The largest absolute Gasteiger partial charge is 0.268 e. The van der Waals surface area contributed by atoms with Gasteiger partial charge >= 0.3 is 0 Å². The number of hydrogen-bond donors (Lipinski definition) is 0. The van der Waals surface area contributed by atoms with Gasteiger partial charge in [0, 0.05) is 6.20 Å². The molecule has 3 nitrogen and oxygen atoms in total. The first-order chi connectivity index (χ1) is 9.35. The predicted octanol–water partition coefficient (Wildman–Crippen LogP) is 3.53. The van der Waals surface area contributed by atoms with Crippen LogP contribution in [0.25, 0.3) is 10.6 Å². The third kappa shape index (κ3) is 2.56. The third-order valence-corrected chi connectivity index (χ3v) is 3.71. The Labute approximate surface area is 115 Å². The number of benzene rings is 1. The molecule has 92 valence electrons. The molecule has 0 unspecified atom stereocenters. The minimum absolute atomic E-state index is 0.681. The normalized spacial score (nSPS) is 10.3. The van der Waals surface area contributed by atoms with Gasteiger partial charge in [0.15, 0.2) is 0 Å². The zero-order chi connectivity index (χ0) is 13.1. The average Bonchev–Trinajstić information content (AvgIpc) is 3.09. The van der Waals surface area contributed by atoms with E-state index in [1.54, 1.807) is 11.3 Å². The van der Waals surface area contributed by atoms with Crippen LogP contribution in [-0.2, 0) is 6.54 Å². The molecule has 0 saturated heterocycles. The predicted molar refractivity (Wildman–Crippen MR) is 75.8 cm³/mol. The van der Waals surface area contributed by atoms with Crippen LogP contribution in [0.5, 0.6) is 0 Å². The molecule has 0 fully saturated rings. The first-order valence-corrected chi connectivity index (χ1v) is 6.79. The minimum atomic E-state index is 0.681. The smallest absolute Gasteiger partial charge is 0.102 e. The molecule has 0 atom stereocenters. The van der Waals surface area contributed by atoms with Gasteiger partial charge in [-0.2, -0.15) is 10.4 Å². The van der Waals surface area contributed by atoms with E-state index in [0.717, 1.165) is 11.3 Å². The van der Waals surface area contributed by atoms with E-state index in [9.17, 15) is 0 Å². The Kier molecular flexibility index (Phi) is 3.13. The maximum Gasteiger partial charge on any atom is 0.102 e. The van der Waals surface area contributed by atoms with Gasteiger partial charge in [0.25, 0.3) is 0 Å². The molecule has 3 rings (SSSR count). The Bertz CT molecular complexity index is 720. The molecule has 0 radical (unpaired) electrons. The van der Waals surface area contributed by atoms with E-state index >= 15 is 0 Å². The van der Waals surface area contributed by atoms with Crippen molar-refractivity contribution in [1.82, 2.24) is 9.78 Å². The summed E-state index contributed by atoms with van der Waals surface area (Å²) in [6.07, 6.45) is 1.97. The van der Waals surface area contributed by atoms with E-state index < -0.39 is 0 Å². The van der Waals surface area contributed by atoms with Crippen molar-refractivity contribution in [3.8, 4) is 16.6 Å². The standard InChI is InChI=1S/C15H11N3S/c16-10-12-3-1-4-13(9-12)11-18-7-6-14(17-18)15-5-2-8-19-15/h1-9H,11H2. The first kappa shape index (κ1) is 11.7. The van der Waals surface area contributed by atoms with Crippen molar-refractivity contribution < 1.29 is 0 Å². The Morgan fingerprint density at radius 1 is 1.21 bits per heavy atom. The Balaban J connectivity index is 1.82. The summed E-state index contributed by atoms with van der Waals surface area (Å²) in [5.74, 6) is 0. The first-order valence-electron chi connectivity index (χ1n) is 5.91. The molecule has 0 amide bonds. The van der Waals surface area contributed by atoms with Gasteiger partial charge in [0.2, 0.25) is 0 Å². The van der Waals surface area contributed by atoms with Crippen LogP contribution in [0.1, 0.15) is 11.1 Å². The van der Waals surface area contributed by atoms with E-state index in [-0.39, 0.29) is 0 Å². The lowest BCUT2D eigenvalue weighted by molar-refractivity contribution is 0.689. The van der Waals surface area contributed by atoms with Crippen molar-refractivity contribution in [2.75, 3.05) is 0 Å². The van der Waals surface area contributed by atoms with Crippen molar-refractivity contribution in [3.05, 3.63) is 65.2 Å². The highest BCUT2D eigenvalue weighted by molar-refractivity contribution is 7.13. The van der Waals surface area contributed by atoms with Gasteiger partial charge in [-0.25, -0.2) is 0 Å². The molecule has 0 aliphatic heterocycles. The molecule has 19 heavy (non-hydrogen) atoms. The fourth-order valence-corrected chi connectivity index (χ4v) is 2.62. The topological polar surface area (TPSA) is 41.6 Å². The van der Waals surface area contributed by atoms with Crippen LogP contribution in [0.2, 0.25) is 0 Å². The Hall–Kier alpha value is -2.38. The second kappa shape index (κ2) is 5.09. The van der Waals surface area contributed by atoms with Gasteiger partial charge < -0.3 is 0 Å². The number of rotatable bonds is 3. The molecular weight excluding hydrogens is 254 g/mol. The van der Waals surface area contributed by atoms with Crippen LogP contribution in [0.15, 0.2) is 54.0 Å². The third-order valence-electron chi connectivity index (χ3n) is 2.81. The lowest BCUT2D eigenvalue weighted by Crippen LogP contribution is -2.00. The van der Waals surface area contributed by atoms with Crippen LogP contribution >= 0.6 is 11.3 Å². The summed E-state index contributed by atoms with van der Waals surface area (Å²) in [7, 11) is 0. The van der Waals surface area contributed by atoms with Gasteiger partial charge in [-0.3, -0.25) is 4.68 Å². The van der Waals surface area contributed by atoms with E-state index in [2.05, 4.69) is 17.2 Å². The Morgan fingerprint density at radius 2 is 2.16 bits per heavy atom. The molecule has 0 saturated carbocycles. The van der Waals surface area contributed by atoms with Crippen molar-refractivity contribution in [2.24, 2.45) is 0 Å². The number of hydrogen-bond acceptors (Lipinski definition) is 3. The minimum Gasteiger partial charge on any atom is -0.268 e. The Morgan fingerprint density at radius 3 is 2.95 bits per heavy atom. The number of nitrogens with zero attached hydrogens (tertiary/aromatic N) is 3. The summed E-state index contributed by atoms with van der Waals surface area (Å²) >= 11 is 1.68. The van der Waals surface area contributed by atoms with E-state index in [1.807, 2.05) is 52.7 Å². The van der Waals surface area contributed by atoms with E-state index in [0.29, 0.717) is 12.1 Å². The SMILES string of the molecule is N#Cc1cccc(Cn2ccc(-c3cccs3)n2)c1. The zero-order valence-electron chi connectivity index (χ0n) is 10.2. The lowest BCUT2D eigenvalue weighted by Gasteiger charge is -2.02. The highest BCUT2D eigenvalue weighted by Crippen LogP contribution is 2.22. The quantitative estimate of drug-likeness (QED) is 0.727. The van der Waals surface area contributed by atoms with Gasteiger partial charge in [0.05, 0.1) is 23.1 Å². The molecule has 0 spiro atoms. The van der Waals surface area contributed by atoms with Crippen LogP contribution in [0.4, 0.5) is 0 Å². The fourth-order valence-electron chi connectivity index (χ4n) is 1.93. The number of thiophene rings is 1. The number of aromatic nitrogens is 2. The molecule has 1 aromatic carbocycles. The van der Waals surface area contributed by atoms with Gasteiger partial charge in [-0.15, -0.1) is 11.3 Å². The average molecular weight is 265 g/mol. The van der Waals surface area contributed by atoms with Crippen LogP contribution in [0.3, 0.4) is 0 Å². The summed E-state index contributed by atoms with van der Waals surface area (Å²) in [5, 5.41) is 15.5. The zero-order valence-corrected chi connectivity index (χ0v) is 11.0. The molecule has 0 aliphatic rings. The molecule has 2 aromatic heterocycles. The van der Waals surface area contributed by atoms with Crippen LogP contribution in [0, 0.1) is 11.3 Å². The summed E-state index contributed by atoms with van der Waals surface area (Å²) in [5.41, 5.74) is 2.76. The van der Waals surface area contributed by atoms with Crippen molar-refractivity contribution in [1.29, 1.82) is 5.26 Å². The second-order valence-corrected chi connectivity index (χ2v) is 5.14. The monoisotopic (exact) mass is 265 g/mol. The maximum atomic E-state index is 8.89. The fraction of sp³-hybridized carbons (Fsp3) is 0.0667. The number of nitriles is 1. The van der Waals surface area contributed by atoms with Gasteiger partial charge in [-0.05, 0) is 35.2 Å². The summed E-state index contributed by atoms with van der Waals surface area (Å²) in [6, 6.07) is 15.9. The van der Waals surface area contributed by atoms with Crippen LogP contribution in [-0.4, -0.2) is 9.78 Å². The molecule has 0 bridgehead atoms. The summed E-state index contributed by atoms with van der Waals surface area (Å²) in [6.45, 7) is 0.681. The molecule has 4 heteroatoms. The summed E-state index contributed by atoms with van der Waals surface area (Å²) < 4.78 is 1.89. The maximum absolute atomic E-state index is 8.89. The molecule has 0 N–H and O–H groups in total. The van der Waals surface area contributed by atoms with Gasteiger partial charge in [0.1, 0.15) is 5.69 Å². The van der Waals surface area contributed by atoms with Crippen molar-refractivity contribution in [3.63, 3.8) is 0 Å². The molecule has 3 aromatic rings. The van der Waals surface area contributed by atoms with Crippen molar-refractivity contribution in [2.45, 2.75) is 6.54 Å². The highest BCUT2D eigenvalue weighted by Gasteiger charge is 2.04. The van der Waals surface area contributed by atoms with Crippen LogP contribution < -0.4 is 0 Å². The highest BCUT2D eigenvalue weighted by atomic mass is 32.1. The second-order valence-electron chi connectivity index (χ2n) is 4.19. The van der Waals surface area contributed by atoms with Crippen molar-refractivity contribution >= 4 is 11.3 Å². The van der Waals surface area contributed by atoms with E-state index in [1.165, 1.54) is 4.88 Å². The molecule has 2 heterocycles. The molecule has 0 aliphatic carbocycles.